The normalized spacial score (nSPS) is 13.7. The van der Waals surface area contributed by atoms with Gasteiger partial charge in [0, 0.05) is 12.3 Å². The second kappa shape index (κ2) is 4.91. The van der Waals surface area contributed by atoms with Gasteiger partial charge in [-0.25, -0.2) is 0 Å². The standard InChI is InChI=1S/C8H13F5O/c1-6(2)8(12,13)14-5-3-4-7(9,10)11/h6H,3-5H2,1-2H3. The third-order valence-corrected chi connectivity index (χ3v) is 1.57. The van der Waals surface area contributed by atoms with Crippen molar-refractivity contribution >= 4 is 0 Å². The van der Waals surface area contributed by atoms with Gasteiger partial charge in [-0.15, -0.1) is 0 Å². The van der Waals surface area contributed by atoms with E-state index >= 15 is 0 Å². The molecule has 0 saturated heterocycles. The molecule has 0 spiro atoms. The van der Waals surface area contributed by atoms with Gasteiger partial charge >= 0.3 is 12.3 Å². The Bertz CT molecular complexity index is 164. The summed E-state index contributed by atoms with van der Waals surface area (Å²) < 4.78 is 64.2. The van der Waals surface area contributed by atoms with E-state index < -0.39 is 37.7 Å². The van der Waals surface area contributed by atoms with Gasteiger partial charge in [-0.1, -0.05) is 13.8 Å². The fraction of sp³-hybridized carbons (Fsp3) is 1.00. The van der Waals surface area contributed by atoms with Crippen LogP contribution in [0.25, 0.3) is 0 Å². The average molecular weight is 220 g/mol. The first-order valence-corrected chi connectivity index (χ1v) is 4.23. The smallest absolute Gasteiger partial charge is 0.320 e. The summed E-state index contributed by atoms with van der Waals surface area (Å²) in [6.07, 6.45) is -9.19. The second-order valence-corrected chi connectivity index (χ2v) is 3.28. The number of hydrogen-bond donors (Lipinski definition) is 0. The van der Waals surface area contributed by atoms with E-state index in [1.807, 2.05) is 0 Å². The van der Waals surface area contributed by atoms with Crippen LogP contribution in [0.1, 0.15) is 26.7 Å². The summed E-state index contributed by atoms with van der Waals surface area (Å²) in [5.41, 5.74) is 0. The van der Waals surface area contributed by atoms with Crippen molar-refractivity contribution in [2.24, 2.45) is 5.92 Å². The van der Waals surface area contributed by atoms with Crippen LogP contribution in [0.5, 0.6) is 0 Å². The fourth-order valence-electron chi connectivity index (χ4n) is 0.648. The monoisotopic (exact) mass is 220 g/mol. The molecule has 86 valence electrons. The van der Waals surface area contributed by atoms with Crippen LogP contribution < -0.4 is 0 Å². The van der Waals surface area contributed by atoms with Crippen molar-refractivity contribution in [3.05, 3.63) is 0 Å². The molecule has 0 aliphatic rings. The third kappa shape index (κ3) is 6.12. The van der Waals surface area contributed by atoms with Gasteiger partial charge in [-0.2, -0.15) is 22.0 Å². The van der Waals surface area contributed by atoms with Crippen molar-refractivity contribution in [1.29, 1.82) is 0 Å². The average Bonchev–Trinajstić information content (AvgIpc) is 1.96. The lowest BCUT2D eigenvalue weighted by molar-refractivity contribution is -0.267. The van der Waals surface area contributed by atoms with Crippen LogP contribution in [0.3, 0.4) is 0 Å². The SMILES string of the molecule is CC(C)C(F)(F)OCCCC(F)(F)F. The summed E-state index contributed by atoms with van der Waals surface area (Å²) in [5.74, 6) is -1.03. The number of hydrogen-bond acceptors (Lipinski definition) is 1. The second-order valence-electron chi connectivity index (χ2n) is 3.28. The molecule has 0 aromatic rings. The first-order valence-electron chi connectivity index (χ1n) is 4.23. The van der Waals surface area contributed by atoms with E-state index in [9.17, 15) is 22.0 Å². The van der Waals surface area contributed by atoms with E-state index in [4.69, 9.17) is 0 Å². The Morgan fingerprint density at radius 1 is 1.07 bits per heavy atom. The Balaban J connectivity index is 3.65. The third-order valence-electron chi connectivity index (χ3n) is 1.57. The van der Waals surface area contributed by atoms with Gasteiger partial charge in [0.2, 0.25) is 0 Å². The first-order chi connectivity index (χ1) is 6.15. The molecule has 0 rings (SSSR count). The molecule has 0 bridgehead atoms. The highest BCUT2D eigenvalue weighted by atomic mass is 19.4. The highest BCUT2D eigenvalue weighted by molar-refractivity contribution is 4.58. The quantitative estimate of drug-likeness (QED) is 0.508. The van der Waals surface area contributed by atoms with E-state index in [1.165, 1.54) is 13.8 Å². The summed E-state index contributed by atoms with van der Waals surface area (Å²) >= 11 is 0. The molecule has 0 aromatic carbocycles. The van der Waals surface area contributed by atoms with Crippen molar-refractivity contribution in [3.8, 4) is 0 Å². The van der Waals surface area contributed by atoms with E-state index in [0.29, 0.717) is 0 Å². The summed E-state index contributed by atoms with van der Waals surface area (Å²) in [6, 6.07) is 0. The van der Waals surface area contributed by atoms with Gasteiger partial charge < -0.3 is 4.74 Å². The van der Waals surface area contributed by atoms with Crippen LogP contribution in [0, 0.1) is 5.92 Å². The zero-order chi connectivity index (χ0) is 11.4. The van der Waals surface area contributed by atoms with Gasteiger partial charge in [0.1, 0.15) is 0 Å². The van der Waals surface area contributed by atoms with Crippen molar-refractivity contribution < 1.29 is 26.7 Å². The minimum atomic E-state index is -4.31. The Morgan fingerprint density at radius 2 is 1.57 bits per heavy atom. The van der Waals surface area contributed by atoms with Crippen molar-refractivity contribution in [1.82, 2.24) is 0 Å². The molecule has 0 N–H and O–H groups in total. The summed E-state index contributed by atoms with van der Waals surface area (Å²) in [4.78, 5) is 0. The van der Waals surface area contributed by atoms with E-state index in [2.05, 4.69) is 4.74 Å². The van der Waals surface area contributed by atoms with Crippen LogP contribution in [0.2, 0.25) is 0 Å². The molecule has 6 heteroatoms. The molecule has 0 amide bonds. The maximum absolute atomic E-state index is 12.7. The Kier molecular flexibility index (Phi) is 4.77. The van der Waals surface area contributed by atoms with E-state index in [-0.39, 0.29) is 0 Å². The van der Waals surface area contributed by atoms with E-state index in [0.717, 1.165) is 0 Å². The predicted molar refractivity (Wildman–Crippen MR) is 41.0 cm³/mol. The molecule has 0 atom stereocenters. The summed E-state index contributed by atoms with van der Waals surface area (Å²) in [7, 11) is 0. The van der Waals surface area contributed by atoms with Gasteiger partial charge in [-0.05, 0) is 6.42 Å². The molecular weight excluding hydrogens is 207 g/mol. The highest BCUT2D eigenvalue weighted by Gasteiger charge is 2.35. The molecule has 1 nitrogen and oxygen atoms in total. The fourth-order valence-corrected chi connectivity index (χ4v) is 0.648. The molecule has 0 heterocycles. The largest absolute Gasteiger partial charge is 0.389 e. The Labute approximate surface area is 79.2 Å². The molecule has 0 aromatic heterocycles. The molecule has 0 unspecified atom stereocenters. The van der Waals surface area contributed by atoms with Crippen LogP contribution in [0.15, 0.2) is 0 Å². The molecule has 0 aliphatic carbocycles. The predicted octanol–water partition coefficient (Wildman–Crippen LogP) is 3.59. The number of alkyl halides is 5. The van der Waals surface area contributed by atoms with Gasteiger partial charge in [-0.3, -0.25) is 0 Å². The van der Waals surface area contributed by atoms with Crippen LogP contribution >= 0.6 is 0 Å². The van der Waals surface area contributed by atoms with Crippen molar-refractivity contribution in [3.63, 3.8) is 0 Å². The van der Waals surface area contributed by atoms with Gasteiger partial charge in [0.25, 0.3) is 0 Å². The topological polar surface area (TPSA) is 9.23 Å². The number of ether oxygens (including phenoxy) is 1. The van der Waals surface area contributed by atoms with Crippen LogP contribution in [-0.4, -0.2) is 18.9 Å². The molecule has 14 heavy (non-hydrogen) atoms. The molecule has 0 radical (unpaired) electrons. The van der Waals surface area contributed by atoms with Crippen LogP contribution in [0.4, 0.5) is 22.0 Å². The summed E-state index contributed by atoms with van der Waals surface area (Å²) in [5, 5.41) is 0. The molecule has 0 fully saturated rings. The maximum atomic E-state index is 12.7. The van der Waals surface area contributed by atoms with Gasteiger partial charge in [0.15, 0.2) is 0 Å². The molecule has 0 saturated carbocycles. The van der Waals surface area contributed by atoms with E-state index in [1.54, 1.807) is 0 Å². The molecular formula is C8H13F5O. The van der Waals surface area contributed by atoms with Crippen LogP contribution in [-0.2, 0) is 4.74 Å². The molecule has 0 aliphatic heterocycles. The minimum absolute atomic E-state index is 0.439. The number of rotatable bonds is 5. The Hall–Kier alpha value is -0.390. The maximum Gasteiger partial charge on any atom is 0.389 e. The lowest BCUT2D eigenvalue weighted by Gasteiger charge is -2.20. The van der Waals surface area contributed by atoms with Crippen molar-refractivity contribution in [2.75, 3.05) is 6.61 Å². The number of halogens is 5. The minimum Gasteiger partial charge on any atom is -0.320 e. The van der Waals surface area contributed by atoms with Gasteiger partial charge in [0.05, 0.1) is 6.61 Å². The zero-order valence-corrected chi connectivity index (χ0v) is 8.00. The zero-order valence-electron chi connectivity index (χ0n) is 8.00. The first kappa shape index (κ1) is 13.6. The summed E-state index contributed by atoms with van der Waals surface area (Å²) in [6.45, 7) is 1.90. The lowest BCUT2D eigenvalue weighted by Crippen LogP contribution is -2.28. The highest BCUT2D eigenvalue weighted by Crippen LogP contribution is 2.27. The lowest BCUT2D eigenvalue weighted by atomic mass is 10.2. The Morgan fingerprint density at radius 3 is 1.93 bits per heavy atom. The van der Waals surface area contributed by atoms with Crippen molar-refractivity contribution in [2.45, 2.75) is 39.0 Å².